The molecule has 0 radical (unpaired) electrons. The van der Waals surface area contributed by atoms with Gasteiger partial charge in [-0.15, -0.1) is 12.4 Å². The molecule has 0 amide bonds. The molecule has 0 saturated carbocycles. The molecule has 0 fully saturated rings. The van der Waals surface area contributed by atoms with Crippen LogP contribution in [0.25, 0.3) is 0 Å². The Bertz CT molecular complexity index is 575. The van der Waals surface area contributed by atoms with Crippen molar-refractivity contribution in [3.8, 4) is 0 Å². The van der Waals surface area contributed by atoms with Gasteiger partial charge in [-0.25, -0.2) is 0 Å². The molecular weight excluding hydrogens is 292 g/mol. The van der Waals surface area contributed by atoms with E-state index in [1.165, 1.54) is 12.1 Å². The van der Waals surface area contributed by atoms with Crippen molar-refractivity contribution in [2.45, 2.75) is 18.6 Å². The fourth-order valence-electron chi connectivity index (χ4n) is 2.02. The van der Waals surface area contributed by atoms with Crippen molar-refractivity contribution < 1.29 is 10.0 Å². The third-order valence-electron chi connectivity index (χ3n) is 3.19. The molecule has 0 aliphatic carbocycles. The summed E-state index contributed by atoms with van der Waals surface area (Å²) in [5.74, 6) is 0. The molecule has 0 heterocycles. The fraction of sp³-hybridized carbons (Fsp3) is 0.200. The number of nitro benzene ring substituents is 1. The number of rotatable bonds is 5. The van der Waals surface area contributed by atoms with E-state index in [4.69, 9.17) is 5.73 Å². The number of nitrogens with two attached hydrogens (primary N) is 1. The third-order valence-corrected chi connectivity index (χ3v) is 3.19. The van der Waals surface area contributed by atoms with Gasteiger partial charge >= 0.3 is 0 Å². The number of hydrogen-bond donors (Lipinski definition) is 2. The molecule has 0 bridgehead atoms. The Balaban J connectivity index is 0.00000220. The molecule has 0 aliphatic rings. The lowest BCUT2D eigenvalue weighted by Crippen LogP contribution is -2.28. The van der Waals surface area contributed by atoms with Crippen molar-refractivity contribution in [3.63, 3.8) is 0 Å². The van der Waals surface area contributed by atoms with Gasteiger partial charge in [0.1, 0.15) is 0 Å². The van der Waals surface area contributed by atoms with Crippen LogP contribution < -0.4 is 5.73 Å². The van der Waals surface area contributed by atoms with E-state index in [9.17, 15) is 15.2 Å². The highest BCUT2D eigenvalue weighted by molar-refractivity contribution is 5.85. The Morgan fingerprint density at radius 2 is 1.67 bits per heavy atom. The van der Waals surface area contributed by atoms with E-state index in [-0.39, 0.29) is 18.1 Å². The van der Waals surface area contributed by atoms with Crippen LogP contribution in [0.5, 0.6) is 0 Å². The molecule has 2 aromatic rings. The number of aliphatic hydroxyl groups is 1. The lowest BCUT2D eigenvalue weighted by atomic mass is 9.97. The summed E-state index contributed by atoms with van der Waals surface area (Å²) in [6, 6.07) is 14.9. The number of non-ortho nitro benzene ring substituents is 1. The molecule has 0 spiro atoms. The molecule has 5 nitrogen and oxygen atoms in total. The molecule has 6 heteroatoms. The van der Waals surface area contributed by atoms with Crippen LogP contribution in [0.4, 0.5) is 5.69 Å². The van der Waals surface area contributed by atoms with Gasteiger partial charge in [-0.3, -0.25) is 10.1 Å². The largest absolute Gasteiger partial charge is 0.391 e. The average molecular weight is 309 g/mol. The lowest BCUT2D eigenvalue weighted by Gasteiger charge is -2.19. The first-order chi connectivity index (χ1) is 9.58. The van der Waals surface area contributed by atoms with Crippen LogP contribution in [-0.4, -0.2) is 16.1 Å². The molecule has 0 saturated heterocycles. The van der Waals surface area contributed by atoms with Gasteiger partial charge in [0.2, 0.25) is 0 Å². The maximum absolute atomic E-state index is 10.6. The second kappa shape index (κ2) is 7.73. The highest BCUT2D eigenvalue weighted by Gasteiger charge is 2.18. The van der Waals surface area contributed by atoms with Crippen LogP contribution in [0.15, 0.2) is 54.6 Å². The maximum atomic E-state index is 10.6. The summed E-state index contributed by atoms with van der Waals surface area (Å²) < 4.78 is 0. The maximum Gasteiger partial charge on any atom is 0.269 e. The lowest BCUT2D eigenvalue weighted by molar-refractivity contribution is -0.384. The van der Waals surface area contributed by atoms with Gasteiger partial charge in [0, 0.05) is 18.6 Å². The first-order valence-corrected chi connectivity index (χ1v) is 6.30. The second-order valence-corrected chi connectivity index (χ2v) is 4.63. The van der Waals surface area contributed by atoms with Crippen molar-refractivity contribution in [3.05, 3.63) is 75.8 Å². The fourth-order valence-corrected chi connectivity index (χ4v) is 2.02. The van der Waals surface area contributed by atoms with E-state index in [0.717, 1.165) is 5.56 Å². The average Bonchev–Trinajstić information content (AvgIpc) is 2.47. The van der Waals surface area contributed by atoms with E-state index in [1.54, 1.807) is 12.1 Å². The zero-order chi connectivity index (χ0) is 14.5. The van der Waals surface area contributed by atoms with E-state index in [0.29, 0.717) is 12.0 Å². The highest BCUT2D eigenvalue weighted by atomic mass is 35.5. The van der Waals surface area contributed by atoms with Crippen LogP contribution in [0.1, 0.15) is 17.2 Å². The Labute approximate surface area is 129 Å². The number of aliphatic hydroxyl groups excluding tert-OH is 1. The zero-order valence-electron chi connectivity index (χ0n) is 11.3. The predicted octanol–water partition coefficient (Wildman–Crippen LogP) is 2.62. The summed E-state index contributed by atoms with van der Waals surface area (Å²) in [7, 11) is 0. The molecular formula is C15H17ClN2O3. The summed E-state index contributed by atoms with van der Waals surface area (Å²) in [5.41, 5.74) is 7.68. The van der Waals surface area contributed by atoms with E-state index < -0.39 is 17.1 Å². The Morgan fingerprint density at radius 3 is 2.19 bits per heavy atom. The van der Waals surface area contributed by atoms with Crippen molar-refractivity contribution in [1.29, 1.82) is 0 Å². The summed E-state index contributed by atoms with van der Waals surface area (Å²) >= 11 is 0. The monoisotopic (exact) mass is 308 g/mol. The Hall–Kier alpha value is -1.95. The summed E-state index contributed by atoms with van der Waals surface area (Å²) in [6.45, 7) is 0. The van der Waals surface area contributed by atoms with Crippen molar-refractivity contribution in [2.75, 3.05) is 0 Å². The molecule has 2 atom stereocenters. The van der Waals surface area contributed by atoms with Crippen LogP contribution in [0.2, 0.25) is 0 Å². The quantitative estimate of drug-likeness (QED) is 0.656. The van der Waals surface area contributed by atoms with Crippen molar-refractivity contribution >= 4 is 18.1 Å². The van der Waals surface area contributed by atoms with Gasteiger partial charge < -0.3 is 10.8 Å². The second-order valence-electron chi connectivity index (χ2n) is 4.63. The first kappa shape index (κ1) is 17.1. The summed E-state index contributed by atoms with van der Waals surface area (Å²) in [4.78, 5) is 10.1. The number of nitrogens with zero attached hydrogens (tertiary/aromatic N) is 1. The number of nitro groups is 1. The first-order valence-electron chi connectivity index (χ1n) is 6.30. The smallest absolute Gasteiger partial charge is 0.269 e. The molecule has 0 aliphatic heterocycles. The molecule has 0 aromatic heterocycles. The summed E-state index contributed by atoms with van der Waals surface area (Å²) in [5, 5.41) is 20.7. The molecule has 112 valence electrons. The van der Waals surface area contributed by atoms with E-state index in [2.05, 4.69) is 0 Å². The zero-order valence-corrected chi connectivity index (χ0v) is 12.1. The standard InChI is InChI=1S/C15H16N2O3.ClH/c16-15(12-6-8-13(9-7-12)17(19)20)14(18)10-11-4-2-1-3-5-11;/h1-9,14-15,18H,10,16H2;1H/t14-,15+;/m0./s1. The molecule has 3 N–H and O–H groups in total. The molecule has 2 aromatic carbocycles. The molecule has 0 unspecified atom stereocenters. The minimum Gasteiger partial charge on any atom is -0.391 e. The minimum atomic E-state index is -0.737. The van der Waals surface area contributed by atoms with Crippen LogP contribution in [0, 0.1) is 10.1 Å². The normalized spacial score (nSPS) is 13.0. The van der Waals surface area contributed by atoms with E-state index >= 15 is 0 Å². The number of benzene rings is 2. The van der Waals surface area contributed by atoms with Crippen molar-refractivity contribution in [1.82, 2.24) is 0 Å². The molecule has 2 rings (SSSR count). The van der Waals surface area contributed by atoms with Gasteiger partial charge in [-0.1, -0.05) is 42.5 Å². The minimum absolute atomic E-state index is 0. The SMILES string of the molecule is Cl.N[C@H](c1ccc([N+](=O)[O-])cc1)[C@@H](O)Cc1ccccc1. The summed E-state index contributed by atoms with van der Waals surface area (Å²) in [6.07, 6.45) is -0.294. The predicted molar refractivity (Wildman–Crippen MR) is 83.4 cm³/mol. The van der Waals surface area contributed by atoms with Crippen molar-refractivity contribution in [2.24, 2.45) is 5.73 Å². The number of hydrogen-bond acceptors (Lipinski definition) is 4. The van der Waals surface area contributed by atoms with Crippen LogP contribution in [0.3, 0.4) is 0 Å². The van der Waals surface area contributed by atoms with Gasteiger partial charge in [0.25, 0.3) is 5.69 Å². The topological polar surface area (TPSA) is 89.4 Å². The van der Waals surface area contributed by atoms with Gasteiger partial charge in [0.15, 0.2) is 0 Å². The van der Waals surface area contributed by atoms with Gasteiger partial charge in [-0.2, -0.15) is 0 Å². The Morgan fingerprint density at radius 1 is 1.10 bits per heavy atom. The van der Waals surface area contributed by atoms with E-state index in [1.807, 2.05) is 30.3 Å². The molecule has 21 heavy (non-hydrogen) atoms. The number of halogens is 1. The highest BCUT2D eigenvalue weighted by Crippen LogP contribution is 2.20. The van der Waals surface area contributed by atoms with Crippen LogP contribution in [-0.2, 0) is 6.42 Å². The van der Waals surface area contributed by atoms with Gasteiger partial charge in [-0.05, 0) is 11.1 Å². The van der Waals surface area contributed by atoms with Gasteiger partial charge in [0.05, 0.1) is 17.1 Å². The Kier molecular flexibility index (Phi) is 6.30. The third kappa shape index (κ3) is 4.53. The van der Waals surface area contributed by atoms with Crippen LogP contribution >= 0.6 is 12.4 Å².